The topological polar surface area (TPSA) is 87.9 Å². The van der Waals surface area contributed by atoms with Gasteiger partial charge in [-0.2, -0.15) is 5.10 Å². The highest BCUT2D eigenvalue weighted by molar-refractivity contribution is 7.98. The predicted molar refractivity (Wildman–Crippen MR) is 138 cm³/mol. The molecular weight excluding hydrogens is 463 g/mol. The van der Waals surface area contributed by atoms with E-state index in [4.69, 9.17) is 0 Å². The van der Waals surface area contributed by atoms with Crippen LogP contribution in [0.2, 0.25) is 0 Å². The van der Waals surface area contributed by atoms with Crippen LogP contribution in [-0.2, 0) is 0 Å². The van der Waals surface area contributed by atoms with Crippen LogP contribution in [0.3, 0.4) is 0 Å². The number of alkyl halides is 1. The Hall–Kier alpha value is -2.81. The number of hydrogen-bond donors (Lipinski definition) is 1. The first-order valence-corrected chi connectivity index (χ1v) is 13.4. The summed E-state index contributed by atoms with van der Waals surface area (Å²) in [6.45, 7) is 4.20. The van der Waals surface area contributed by atoms with Crippen LogP contribution in [0.25, 0.3) is 22.5 Å². The summed E-state index contributed by atoms with van der Waals surface area (Å²) >= 11 is 1.51. The van der Waals surface area contributed by atoms with Crippen LogP contribution in [0.1, 0.15) is 52.4 Å². The lowest BCUT2D eigenvalue weighted by Crippen LogP contribution is -2.46. The molecule has 35 heavy (non-hydrogen) atoms. The Labute approximate surface area is 210 Å². The zero-order valence-electron chi connectivity index (χ0n) is 20.8. The third-order valence-electron chi connectivity index (χ3n) is 7.14. The summed E-state index contributed by atoms with van der Waals surface area (Å²) in [4.78, 5) is 6.34. The van der Waals surface area contributed by atoms with Gasteiger partial charge in [0, 0.05) is 18.0 Å². The lowest BCUT2D eigenvalue weighted by Gasteiger charge is -2.39. The van der Waals surface area contributed by atoms with Crippen molar-refractivity contribution < 1.29 is 9.50 Å². The second-order valence-electron chi connectivity index (χ2n) is 9.59. The van der Waals surface area contributed by atoms with E-state index in [-0.39, 0.29) is 17.2 Å². The second-order valence-corrected chi connectivity index (χ2v) is 10.4. The minimum atomic E-state index is -0.942. The highest BCUT2D eigenvalue weighted by Gasteiger charge is 2.42. The van der Waals surface area contributed by atoms with Crippen LogP contribution in [0.5, 0.6) is 5.75 Å². The normalized spacial score (nSPS) is 22.5. The largest absolute Gasteiger partial charge is 0.507 e. The Kier molecular flexibility index (Phi) is 7.84. The van der Waals surface area contributed by atoms with Crippen molar-refractivity contribution in [1.29, 1.82) is 0 Å². The highest BCUT2D eigenvalue weighted by atomic mass is 32.2. The molecule has 0 radical (unpaired) electrons. The fourth-order valence-corrected chi connectivity index (χ4v) is 5.46. The molecule has 1 fully saturated rings. The van der Waals surface area contributed by atoms with Crippen molar-refractivity contribution in [2.75, 3.05) is 18.2 Å². The Morgan fingerprint density at radius 3 is 2.66 bits per heavy atom. The molecule has 3 aromatic rings. The van der Waals surface area contributed by atoms with Crippen LogP contribution in [0, 0.1) is 5.41 Å². The van der Waals surface area contributed by atoms with Crippen LogP contribution < -0.4 is 4.90 Å². The van der Waals surface area contributed by atoms with E-state index in [0.717, 1.165) is 54.7 Å². The second kappa shape index (κ2) is 10.8. The summed E-state index contributed by atoms with van der Waals surface area (Å²) in [6, 6.07) is 6.97. The molecule has 0 amide bonds. The van der Waals surface area contributed by atoms with Crippen molar-refractivity contribution in [3.05, 3.63) is 36.7 Å². The molecule has 0 saturated heterocycles. The van der Waals surface area contributed by atoms with Crippen LogP contribution in [0.15, 0.2) is 41.7 Å². The highest BCUT2D eigenvalue weighted by Crippen LogP contribution is 2.42. The van der Waals surface area contributed by atoms with Gasteiger partial charge in [-0.25, -0.2) is 9.37 Å². The van der Waals surface area contributed by atoms with Gasteiger partial charge in [0.25, 0.3) is 0 Å². The third-order valence-corrected chi connectivity index (χ3v) is 7.76. The molecule has 0 spiro atoms. The molecule has 1 saturated carbocycles. The van der Waals surface area contributed by atoms with Gasteiger partial charge in [-0.1, -0.05) is 39.2 Å². The summed E-state index contributed by atoms with van der Waals surface area (Å²) in [5.41, 5.74) is 1.84. The minimum absolute atomic E-state index is 0.0517. The molecule has 0 bridgehead atoms. The van der Waals surface area contributed by atoms with Gasteiger partial charge >= 0.3 is 0 Å². The van der Waals surface area contributed by atoms with Gasteiger partial charge < -0.3 is 10.0 Å². The van der Waals surface area contributed by atoms with Gasteiger partial charge in [-0.05, 0) is 49.3 Å². The first-order chi connectivity index (χ1) is 16.9. The fraction of sp³-hybridized carbons (Fsp3) is 0.500. The smallest absolute Gasteiger partial charge is 0.185 e. The zero-order chi connectivity index (χ0) is 25.0. The maximum atomic E-state index is 15.7. The molecule has 3 atom stereocenters. The van der Waals surface area contributed by atoms with E-state index in [1.807, 2.05) is 30.3 Å². The summed E-state index contributed by atoms with van der Waals surface area (Å²) in [5, 5.41) is 28.2. The summed E-state index contributed by atoms with van der Waals surface area (Å²) in [5.74, 6) is 0.902. The molecule has 1 aromatic carbocycles. The van der Waals surface area contributed by atoms with Gasteiger partial charge in [-0.3, -0.25) is 0 Å². The summed E-state index contributed by atoms with van der Waals surface area (Å²) in [6.07, 6.45) is 9.87. The van der Waals surface area contributed by atoms with Gasteiger partial charge in [0.15, 0.2) is 11.6 Å². The van der Waals surface area contributed by atoms with Crippen LogP contribution >= 0.6 is 11.8 Å². The Morgan fingerprint density at radius 2 is 1.97 bits per heavy atom. The fourth-order valence-electron chi connectivity index (χ4n) is 5.08. The minimum Gasteiger partial charge on any atom is -0.507 e. The number of halogens is 1. The van der Waals surface area contributed by atoms with E-state index in [9.17, 15) is 5.11 Å². The number of aromatic nitrogens is 5. The molecule has 0 unspecified atom stereocenters. The SMILES string of the molecule is CCC[C@]1(C)CCCC[C@H](N(C)c2cnc(-c3ccc(-c4cnnc(SC)c4)cc3O)nn2)[C@@H]1F. The lowest BCUT2D eigenvalue weighted by atomic mass is 9.76. The maximum absolute atomic E-state index is 15.7. The van der Waals surface area contributed by atoms with Crippen molar-refractivity contribution in [1.82, 2.24) is 25.4 Å². The average molecular weight is 497 g/mol. The Morgan fingerprint density at radius 1 is 1.14 bits per heavy atom. The van der Waals surface area contributed by atoms with Gasteiger partial charge in [0.2, 0.25) is 0 Å². The van der Waals surface area contributed by atoms with Crippen molar-refractivity contribution in [2.24, 2.45) is 5.41 Å². The van der Waals surface area contributed by atoms with Crippen LogP contribution in [0.4, 0.5) is 10.2 Å². The maximum Gasteiger partial charge on any atom is 0.185 e. The van der Waals surface area contributed by atoms with E-state index >= 15 is 4.39 Å². The van der Waals surface area contributed by atoms with E-state index in [1.165, 1.54) is 11.8 Å². The molecule has 0 aliphatic heterocycles. The molecular formula is C26H33FN6OS. The van der Waals surface area contributed by atoms with E-state index in [2.05, 4.69) is 39.2 Å². The van der Waals surface area contributed by atoms with Crippen molar-refractivity contribution in [3.8, 4) is 28.3 Å². The predicted octanol–water partition coefficient (Wildman–Crippen LogP) is 5.95. The van der Waals surface area contributed by atoms with Gasteiger partial charge in [-0.15, -0.1) is 27.1 Å². The molecule has 1 aliphatic carbocycles. The number of anilines is 1. The number of hydrogen-bond acceptors (Lipinski definition) is 8. The third kappa shape index (κ3) is 5.39. The quantitative estimate of drug-likeness (QED) is 0.317. The van der Waals surface area contributed by atoms with Crippen molar-refractivity contribution >= 4 is 17.6 Å². The standard InChI is InChI=1S/C26H33FN6OS/c1-5-11-26(2)12-7-6-8-20(24(26)27)33(3)22-16-28-25(32-30-22)19-10-9-17(13-21(19)34)18-14-23(35-4)31-29-15-18/h9-10,13-16,20,24,34H,5-8,11-12H2,1-4H3/t20-,24-,26+/m0/s1. The molecule has 7 nitrogen and oxygen atoms in total. The Bertz CT molecular complexity index is 1150. The number of phenols is 1. The molecule has 1 aliphatic rings. The van der Waals surface area contributed by atoms with E-state index in [0.29, 0.717) is 17.2 Å². The number of phenolic OH excluding ortho intramolecular Hbond substituents is 1. The number of aromatic hydroxyl groups is 1. The zero-order valence-corrected chi connectivity index (χ0v) is 21.6. The number of thioether (sulfide) groups is 1. The number of benzene rings is 1. The monoisotopic (exact) mass is 496 g/mol. The number of rotatable bonds is 7. The molecule has 1 N–H and O–H groups in total. The molecule has 4 rings (SSSR count). The molecule has 2 heterocycles. The van der Waals surface area contributed by atoms with E-state index < -0.39 is 6.17 Å². The number of nitrogens with zero attached hydrogens (tertiary/aromatic N) is 6. The van der Waals surface area contributed by atoms with Gasteiger partial charge in [0.05, 0.1) is 24.0 Å². The first kappa shape index (κ1) is 25.3. The lowest BCUT2D eigenvalue weighted by molar-refractivity contribution is 0.0868. The molecule has 186 valence electrons. The molecule has 9 heteroatoms. The molecule has 2 aromatic heterocycles. The Balaban J connectivity index is 1.54. The average Bonchev–Trinajstić information content (AvgIpc) is 3.02. The summed E-state index contributed by atoms with van der Waals surface area (Å²) < 4.78 is 15.7. The summed E-state index contributed by atoms with van der Waals surface area (Å²) in [7, 11) is 1.87. The van der Waals surface area contributed by atoms with Gasteiger partial charge in [0.1, 0.15) is 16.9 Å². The van der Waals surface area contributed by atoms with E-state index in [1.54, 1.807) is 24.5 Å². The van der Waals surface area contributed by atoms with Crippen molar-refractivity contribution in [2.45, 2.75) is 69.6 Å². The van der Waals surface area contributed by atoms with Crippen LogP contribution in [-0.4, -0.2) is 56.0 Å². The van der Waals surface area contributed by atoms with Crippen molar-refractivity contribution in [3.63, 3.8) is 0 Å². The first-order valence-electron chi connectivity index (χ1n) is 12.1.